The van der Waals surface area contributed by atoms with Gasteiger partial charge in [0, 0.05) is 17.3 Å². The Morgan fingerprint density at radius 2 is 1.80 bits per heavy atom. The zero-order valence-corrected chi connectivity index (χ0v) is 24.0. The van der Waals surface area contributed by atoms with Crippen LogP contribution in [0.2, 0.25) is 5.02 Å². The number of ether oxygens (including phenoxy) is 1. The molecule has 3 heterocycles. The number of hydrogen-bond donors (Lipinski definition) is 3. The molecule has 9 heteroatoms. The lowest BCUT2D eigenvalue weighted by Crippen LogP contribution is -2.57. The number of carbonyl (C=O) groups is 3. The van der Waals surface area contributed by atoms with Gasteiger partial charge in [0.05, 0.1) is 30.1 Å². The molecule has 0 aromatic heterocycles. The van der Waals surface area contributed by atoms with E-state index in [1.54, 1.807) is 24.3 Å². The molecule has 3 N–H and O–H groups in total. The van der Waals surface area contributed by atoms with E-state index in [4.69, 9.17) is 16.3 Å². The van der Waals surface area contributed by atoms with E-state index in [1.165, 1.54) is 4.90 Å². The number of rotatable bonds is 10. The second-order valence-electron chi connectivity index (χ2n) is 11.4. The minimum absolute atomic E-state index is 0.0716. The van der Waals surface area contributed by atoms with E-state index in [0.717, 1.165) is 5.56 Å². The number of fused-ring (bicyclic) bond motifs is 1. The Balaban J connectivity index is 1.53. The summed E-state index contributed by atoms with van der Waals surface area (Å²) in [5.41, 5.74) is -0.506. The smallest absolute Gasteiger partial charge is 0.250 e. The highest BCUT2D eigenvalue weighted by molar-refractivity contribution is 6.30. The third-order valence-electron chi connectivity index (χ3n) is 9.42. The minimum Gasteiger partial charge on any atom is -0.394 e. The SMILES string of the molecule is CC[C@H](C)[C@H](CO)N1C(=O)[C@@H]2[C@@H](C(=O)NCc3ccccc3)[C@@]3(CC)CCC2(O3)C1C(=O)Nc1ccc(Cl)cc1. The second-order valence-corrected chi connectivity index (χ2v) is 11.9. The predicted octanol–water partition coefficient (Wildman–Crippen LogP) is 4.16. The van der Waals surface area contributed by atoms with Crippen molar-refractivity contribution in [3.8, 4) is 0 Å². The lowest BCUT2D eigenvalue weighted by molar-refractivity contribution is -0.150. The Bertz CT molecular complexity index is 1260. The van der Waals surface area contributed by atoms with Gasteiger partial charge in [0.25, 0.3) is 0 Å². The molecule has 7 atom stereocenters. The van der Waals surface area contributed by atoms with Gasteiger partial charge in [0.2, 0.25) is 17.7 Å². The van der Waals surface area contributed by atoms with E-state index >= 15 is 0 Å². The lowest BCUT2D eigenvalue weighted by atomic mass is 9.65. The molecule has 40 heavy (non-hydrogen) atoms. The Labute approximate surface area is 240 Å². The largest absolute Gasteiger partial charge is 0.394 e. The maximum absolute atomic E-state index is 14.4. The third-order valence-corrected chi connectivity index (χ3v) is 9.67. The normalized spacial score (nSPS) is 30.2. The van der Waals surface area contributed by atoms with Gasteiger partial charge in [0.15, 0.2) is 0 Å². The number of aliphatic hydroxyl groups is 1. The first-order valence-electron chi connectivity index (χ1n) is 14.2. The Kier molecular flexibility index (Phi) is 7.97. The molecule has 8 nitrogen and oxygen atoms in total. The van der Waals surface area contributed by atoms with Gasteiger partial charge in [-0.1, -0.05) is 69.1 Å². The highest BCUT2D eigenvalue weighted by Gasteiger charge is 2.79. The number of hydrogen-bond acceptors (Lipinski definition) is 5. The third kappa shape index (κ3) is 4.60. The quantitative estimate of drug-likeness (QED) is 0.400. The summed E-state index contributed by atoms with van der Waals surface area (Å²) in [5.74, 6) is -2.57. The van der Waals surface area contributed by atoms with Crippen LogP contribution in [0.5, 0.6) is 0 Å². The molecule has 2 unspecified atom stereocenters. The van der Waals surface area contributed by atoms with Gasteiger partial charge in [-0.2, -0.15) is 0 Å². The zero-order chi connectivity index (χ0) is 28.7. The summed E-state index contributed by atoms with van der Waals surface area (Å²) >= 11 is 6.04. The van der Waals surface area contributed by atoms with Gasteiger partial charge in [-0.15, -0.1) is 0 Å². The number of anilines is 1. The second kappa shape index (κ2) is 11.1. The molecule has 3 aliphatic heterocycles. The van der Waals surface area contributed by atoms with E-state index in [2.05, 4.69) is 10.6 Å². The Morgan fingerprint density at radius 1 is 1.10 bits per heavy atom. The number of likely N-dealkylation sites (tertiary alicyclic amines) is 1. The molecule has 2 bridgehead atoms. The summed E-state index contributed by atoms with van der Waals surface area (Å²) in [6, 6.07) is 14.8. The monoisotopic (exact) mass is 567 g/mol. The van der Waals surface area contributed by atoms with Gasteiger partial charge >= 0.3 is 0 Å². The molecule has 1 spiro atoms. The van der Waals surface area contributed by atoms with Crippen LogP contribution in [-0.4, -0.2) is 57.6 Å². The van der Waals surface area contributed by atoms with E-state index in [1.807, 2.05) is 51.1 Å². The first-order chi connectivity index (χ1) is 19.2. The van der Waals surface area contributed by atoms with Gasteiger partial charge in [-0.3, -0.25) is 14.4 Å². The number of amides is 3. The Hall–Kier alpha value is -2.94. The molecule has 5 rings (SSSR count). The van der Waals surface area contributed by atoms with Crippen molar-refractivity contribution < 1.29 is 24.2 Å². The van der Waals surface area contributed by atoms with E-state index in [9.17, 15) is 19.5 Å². The summed E-state index contributed by atoms with van der Waals surface area (Å²) in [4.78, 5) is 43.9. The number of benzene rings is 2. The molecule has 2 aromatic carbocycles. The topological polar surface area (TPSA) is 108 Å². The molecule has 0 saturated carbocycles. The molecule has 214 valence electrons. The van der Waals surface area contributed by atoms with Crippen LogP contribution >= 0.6 is 11.6 Å². The number of nitrogens with zero attached hydrogens (tertiary/aromatic N) is 1. The van der Waals surface area contributed by atoms with E-state index in [0.29, 0.717) is 42.9 Å². The average Bonchev–Trinajstić information content (AvgIpc) is 3.57. The highest BCUT2D eigenvalue weighted by atomic mass is 35.5. The molecule has 3 saturated heterocycles. The molecule has 2 aromatic rings. The number of halogens is 1. The number of carbonyl (C=O) groups excluding carboxylic acids is 3. The van der Waals surface area contributed by atoms with Crippen LogP contribution in [-0.2, 0) is 25.7 Å². The summed E-state index contributed by atoms with van der Waals surface area (Å²) < 4.78 is 6.82. The van der Waals surface area contributed by atoms with Crippen molar-refractivity contribution in [2.75, 3.05) is 11.9 Å². The molecule has 3 fully saturated rings. The summed E-state index contributed by atoms with van der Waals surface area (Å²) in [7, 11) is 0. The summed E-state index contributed by atoms with van der Waals surface area (Å²) in [6.45, 7) is 5.96. The number of aliphatic hydroxyl groups excluding tert-OH is 1. The molecule has 0 radical (unpaired) electrons. The van der Waals surface area contributed by atoms with Crippen molar-refractivity contribution in [1.82, 2.24) is 10.2 Å². The van der Waals surface area contributed by atoms with Crippen molar-refractivity contribution in [2.24, 2.45) is 17.8 Å². The van der Waals surface area contributed by atoms with Gasteiger partial charge < -0.3 is 25.4 Å². The van der Waals surface area contributed by atoms with Crippen molar-refractivity contribution >= 4 is 35.0 Å². The lowest BCUT2D eigenvalue weighted by Gasteiger charge is -2.39. The fraction of sp³-hybridized carbons (Fsp3) is 0.516. The van der Waals surface area contributed by atoms with Crippen molar-refractivity contribution in [1.29, 1.82) is 0 Å². The maximum Gasteiger partial charge on any atom is 0.250 e. The zero-order valence-electron chi connectivity index (χ0n) is 23.2. The summed E-state index contributed by atoms with van der Waals surface area (Å²) in [6.07, 6.45) is 2.30. The molecular formula is C31H38ClN3O5. The van der Waals surface area contributed by atoms with Gasteiger partial charge in [-0.25, -0.2) is 0 Å². The van der Waals surface area contributed by atoms with Crippen LogP contribution in [0.15, 0.2) is 54.6 Å². The van der Waals surface area contributed by atoms with Crippen LogP contribution < -0.4 is 10.6 Å². The molecular weight excluding hydrogens is 530 g/mol. The van der Waals surface area contributed by atoms with E-state index in [-0.39, 0.29) is 24.3 Å². The first kappa shape index (κ1) is 28.6. The molecule has 3 aliphatic rings. The van der Waals surface area contributed by atoms with Crippen molar-refractivity contribution in [3.63, 3.8) is 0 Å². The van der Waals surface area contributed by atoms with Crippen LogP contribution in [0.25, 0.3) is 0 Å². The summed E-state index contributed by atoms with van der Waals surface area (Å²) in [5, 5.41) is 17.0. The standard InChI is InChI=1S/C31H38ClN3O5/c1-4-19(3)23(18-36)35-26(28(38)34-22-13-11-21(32)12-14-22)31-16-15-30(5-2,40-31)24(25(31)29(35)39)27(37)33-17-20-9-7-6-8-10-20/h6-14,19,23-26,36H,4-5,15-18H2,1-3H3,(H,33,37)(H,34,38)/t19-,23-,24-,25-,26?,30+,31?/m0/s1. The first-order valence-corrected chi connectivity index (χ1v) is 14.6. The highest BCUT2D eigenvalue weighted by Crippen LogP contribution is 2.64. The van der Waals surface area contributed by atoms with Crippen LogP contribution in [0, 0.1) is 17.8 Å². The number of nitrogens with one attached hydrogen (secondary N) is 2. The van der Waals surface area contributed by atoms with Crippen LogP contribution in [0.4, 0.5) is 5.69 Å². The fourth-order valence-corrected chi connectivity index (χ4v) is 7.29. The average molecular weight is 568 g/mol. The predicted molar refractivity (Wildman–Crippen MR) is 152 cm³/mol. The van der Waals surface area contributed by atoms with Gasteiger partial charge in [0.1, 0.15) is 11.6 Å². The fourth-order valence-electron chi connectivity index (χ4n) is 7.16. The molecule has 0 aliphatic carbocycles. The van der Waals surface area contributed by atoms with Crippen molar-refractivity contribution in [3.05, 3.63) is 65.2 Å². The van der Waals surface area contributed by atoms with Gasteiger partial charge in [-0.05, 0) is 55.0 Å². The maximum atomic E-state index is 14.4. The van der Waals surface area contributed by atoms with E-state index < -0.39 is 41.0 Å². The van der Waals surface area contributed by atoms with Crippen LogP contribution in [0.3, 0.4) is 0 Å². The molecule has 3 amide bonds. The van der Waals surface area contributed by atoms with Crippen LogP contribution in [0.1, 0.15) is 52.0 Å². The minimum atomic E-state index is -1.17. The Morgan fingerprint density at radius 3 is 2.42 bits per heavy atom. The van der Waals surface area contributed by atoms with Crippen molar-refractivity contribution in [2.45, 2.75) is 76.3 Å².